The van der Waals surface area contributed by atoms with Crippen LogP contribution in [0.2, 0.25) is 0 Å². The Balaban J connectivity index is 3.52. The maximum absolute atomic E-state index is 12.4. The molecule has 0 aliphatic heterocycles. The number of carbonyl (C=O) groups is 2. The fraction of sp³-hybridized carbons (Fsp3) is 0.915. The molecule has 1 amide bonds. The number of aliphatic hydroxyl groups is 2. The van der Waals surface area contributed by atoms with Crippen molar-refractivity contribution in [2.24, 2.45) is 0 Å². The summed E-state index contributed by atoms with van der Waals surface area (Å²) in [5, 5.41) is 23.0. The van der Waals surface area contributed by atoms with Gasteiger partial charge in [-0.1, -0.05) is 219 Å². The molecular formula is C47H91NO5. The summed E-state index contributed by atoms with van der Waals surface area (Å²) in [4.78, 5) is 24.4. The van der Waals surface area contributed by atoms with Gasteiger partial charge >= 0.3 is 5.97 Å². The van der Waals surface area contributed by atoms with Crippen molar-refractivity contribution < 1.29 is 24.5 Å². The zero-order valence-electron chi connectivity index (χ0n) is 35.5. The van der Waals surface area contributed by atoms with E-state index in [9.17, 15) is 19.8 Å². The van der Waals surface area contributed by atoms with Gasteiger partial charge in [-0.3, -0.25) is 9.59 Å². The second kappa shape index (κ2) is 43.3. The Kier molecular flexibility index (Phi) is 42.2. The van der Waals surface area contributed by atoms with Gasteiger partial charge in [0.25, 0.3) is 0 Å². The minimum absolute atomic E-state index is 0.0254. The van der Waals surface area contributed by atoms with E-state index >= 15 is 0 Å². The molecule has 0 aromatic carbocycles. The molecular weight excluding hydrogens is 659 g/mol. The summed E-state index contributed by atoms with van der Waals surface area (Å²) in [7, 11) is 0. The van der Waals surface area contributed by atoms with Gasteiger partial charge in [-0.25, -0.2) is 0 Å². The van der Waals surface area contributed by atoms with E-state index < -0.39 is 12.1 Å². The topological polar surface area (TPSA) is 95.9 Å². The van der Waals surface area contributed by atoms with Crippen molar-refractivity contribution in [3.63, 3.8) is 0 Å². The van der Waals surface area contributed by atoms with Crippen LogP contribution in [-0.4, -0.2) is 47.4 Å². The summed E-state index contributed by atoms with van der Waals surface area (Å²) in [6.07, 6.45) is 47.7. The van der Waals surface area contributed by atoms with E-state index in [1.54, 1.807) is 6.08 Å². The van der Waals surface area contributed by atoms with Crippen molar-refractivity contribution in [3.05, 3.63) is 12.2 Å². The van der Waals surface area contributed by atoms with Crippen molar-refractivity contribution in [2.45, 2.75) is 264 Å². The van der Waals surface area contributed by atoms with Gasteiger partial charge in [0.15, 0.2) is 0 Å². The zero-order chi connectivity index (χ0) is 38.7. The highest BCUT2D eigenvalue weighted by Crippen LogP contribution is 2.15. The van der Waals surface area contributed by atoms with E-state index in [0.717, 1.165) is 57.8 Å². The molecule has 0 aliphatic carbocycles. The quantitative estimate of drug-likeness (QED) is 0.0328. The van der Waals surface area contributed by atoms with E-state index in [-0.39, 0.29) is 18.5 Å². The van der Waals surface area contributed by atoms with Gasteiger partial charge in [0.1, 0.15) is 0 Å². The maximum atomic E-state index is 12.4. The predicted molar refractivity (Wildman–Crippen MR) is 227 cm³/mol. The van der Waals surface area contributed by atoms with Crippen LogP contribution in [0.4, 0.5) is 0 Å². The van der Waals surface area contributed by atoms with Crippen LogP contribution in [0.5, 0.6) is 0 Å². The maximum Gasteiger partial charge on any atom is 0.305 e. The molecule has 0 aliphatic rings. The van der Waals surface area contributed by atoms with E-state index in [1.807, 2.05) is 6.08 Å². The number of hydrogen-bond acceptors (Lipinski definition) is 5. The molecule has 2 atom stereocenters. The van der Waals surface area contributed by atoms with Crippen LogP contribution in [0, 0.1) is 0 Å². The Labute approximate surface area is 329 Å². The molecule has 0 bridgehead atoms. The van der Waals surface area contributed by atoms with Crippen LogP contribution in [0.15, 0.2) is 12.2 Å². The van der Waals surface area contributed by atoms with Crippen LogP contribution in [0.25, 0.3) is 0 Å². The first-order valence-electron chi connectivity index (χ1n) is 23.5. The highest BCUT2D eigenvalue weighted by Gasteiger charge is 2.18. The van der Waals surface area contributed by atoms with Gasteiger partial charge in [-0.2, -0.15) is 0 Å². The Morgan fingerprint density at radius 3 is 1.28 bits per heavy atom. The second-order valence-corrected chi connectivity index (χ2v) is 16.1. The monoisotopic (exact) mass is 750 g/mol. The lowest BCUT2D eigenvalue weighted by atomic mass is 10.0. The molecule has 0 aromatic rings. The van der Waals surface area contributed by atoms with Gasteiger partial charge in [0.05, 0.1) is 25.4 Å². The normalized spacial score (nSPS) is 12.8. The first-order valence-corrected chi connectivity index (χ1v) is 23.5. The molecule has 0 spiro atoms. The highest BCUT2D eigenvalue weighted by molar-refractivity contribution is 5.76. The number of amides is 1. The molecule has 0 radical (unpaired) electrons. The first kappa shape index (κ1) is 51.6. The molecule has 0 rings (SSSR count). The number of unbranched alkanes of at least 4 members (excludes halogenated alkanes) is 32. The fourth-order valence-corrected chi connectivity index (χ4v) is 7.16. The molecule has 0 heterocycles. The molecule has 0 saturated carbocycles. The van der Waals surface area contributed by atoms with Crippen molar-refractivity contribution in [2.75, 3.05) is 13.2 Å². The lowest BCUT2D eigenvalue weighted by Crippen LogP contribution is -2.45. The predicted octanol–water partition coefficient (Wildman–Crippen LogP) is 13.4. The SMILES string of the molecule is CCCCCCCCCCCCC/C=C/C(O)C(CO)NC(=O)CCCCCCCCCCCOC(=O)CCCCCCCCCCCCCCCC. The lowest BCUT2D eigenvalue weighted by molar-refractivity contribution is -0.143. The summed E-state index contributed by atoms with van der Waals surface area (Å²) in [5.74, 6) is -0.121. The number of hydrogen-bond donors (Lipinski definition) is 3. The third-order valence-corrected chi connectivity index (χ3v) is 10.8. The Morgan fingerprint density at radius 1 is 0.509 bits per heavy atom. The summed E-state index contributed by atoms with van der Waals surface area (Å²) < 4.78 is 5.44. The summed E-state index contributed by atoms with van der Waals surface area (Å²) >= 11 is 0. The summed E-state index contributed by atoms with van der Waals surface area (Å²) in [6.45, 7) is 4.83. The largest absolute Gasteiger partial charge is 0.466 e. The minimum atomic E-state index is -0.859. The van der Waals surface area contributed by atoms with Crippen LogP contribution in [0.3, 0.4) is 0 Å². The lowest BCUT2D eigenvalue weighted by Gasteiger charge is -2.20. The number of carbonyl (C=O) groups excluding carboxylic acids is 2. The van der Waals surface area contributed by atoms with Crippen LogP contribution in [0.1, 0.15) is 251 Å². The Bertz CT molecular complexity index is 787. The fourth-order valence-electron chi connectivity index (χ4n) is 7.16. The summed E-state index contributed by atoms with van der Waals surface area (Å²) in [6, 6.07) is -0.645. The van der Waals surface area contributed by atoms with Crippen molar-refractivity contribution in [3.8, 4) is 0 Å². The molecule has 2 unspecified atom stereocenters. The van der Waals surface area contributed by atoms with Crippen LogP contribution >= 0.6 is 0 Å². The molecule has 6 heteroatoms. The third kappa shape index (κ3) is 40.1. The average Bonchev–Trinajstić information content (AvgIpc) is 3.16. The second-order valence-electron chi connectivity index (χ2n) is 16.1. The van der Waals surface area contributed by atoms with Gasteiger partial charge in [0.2, 0.25) is 5.91 Å². The number of allylic oxidation sites excluding steroid dienone is 1. The molecule has 53 heavy (non-hydrogen) atoms. The number of rotatable bonds is 43. The van der Waals surface area contributed by atoms with E-state index in [0.29, 0.717) is 19.4 Å². The molecule has 3 N–H and O–H groups in total. The van der Waals surface area contributed by atoms with Crippen molar-refractivity contribution in [1.29, 1.82) is 0 Å². The van der Waals surface area contributed by atoms with Crippen molar-refractivity contribution in [1.82, 2.24) is 5.32 Å². The van der Waals surface area contributed by atoms with E-state index in [1.165, 1.54) is 167 Å². The molecule has 0 aromatic heterocycles. The molecule has 314 valence electrons. The molecule has 0 fully saturated rings. The van der Waals surface area contributed by atoms with E-state index in [2.05, 4.69) is 19.2 Å². The van der Waals surface area contributed by atoms with Gasteiger partial charge < -0.3 is 20.3 Å². The van der Waals surface area contributed by atoms with E-state index in [4.69, 9.17) is 4.74 Å². The average molecular weight is 750 g/mol. The van der Waals surface area contributed by atoms with Crippen LogP contribution < -0.4 is 5.32 Å². The van der Waals surface area contributed by atoms with Crippen molar-refractivity contribution >= 4 is 11.9 Å². The van der Waals surface area contributed by atoms with Gasteiger partial charge in [-0.15, -0.1) is 0 Å². The van der Waals surface area contributed by atoms with Crippen LogP contribution in [-0.2, 0) is 14.3 Å². The smallest absolute Gasteiger partial charge is 0.305 e. The zero-order valence-corrected chi connectivity index (χ0v) is 35.5. The number of ether oxygens (including phenoxy) is 1. The van der Waals surface area contributed by atoms with Gasteiger partial charge in [0, 0.05) is 12.8 Å². The number of esters is 1. The number of nitrogens with one attached hydrogen (secondary N) is 1. The number of aliphatic hydroxyl groups excluding tert-OH is 2. The first-order chi connectivity index (χ1) is 26.0. The Morgan fingerprint density at radius 2 is 0.868 bits per heavy atom. The molecule has 6 nitrogen and oxygen atoms in total. The van der Waals surface area contributed by atoms with Gasteiger partial charge in [-0.05, 0) is 32.1 Å². The standard InChI is InChI=1S/C47H91NO5/c1-3-5-7-9-11-13-15-17-19-21-25-29-33-37-41-47(52)53-42-38-34-30-26-22-24-28-32-36-40-46(51)48-44(43-49)45(50)39-35-31-27-23-20-18-16-14-12-10-8-6-4-2/h35,39,44-45,49-50H,3-34,36-38,40-43H2,1-2H3,(H,48,51)/b39-35+. The minimum Gasteiger partial charge on any atom is -0.466 e. The molecule has 0 saturated heterocycles. The Hall–Kier alpha value is -1.40. The summed E-state index contributed by atoms with van der Waals surface area (Å²) in [5.41, 5.74) is 0. The third-order valence-electron chi connectivity index (χ3n) is 10.8. The highest BCUT2D eigenvalue weighted by atomic mass is 16.5.